The molecule has 12 nitrogen and oxygen atoms in total. The lowest BCUT2D eigenvalue weighted by Crippen LogP contribution is -2.51. The van der Waals surface area contributed by atoms with Crippen molar-refractivity contribution in [2.45, 2.75) is 63.4 Å². The van der Waals surface area contributed by atoms with Crippen LogP contribution >= 0.6 is 6.64 Å². The van der Waals surface area contributed by atoms with E-state index in [9.17, 15) is 18.7 Å². The lowest BCUT2D eigenvalue weighted by molar-refractivity contribution is -0.181. The molecule has 0 spiro atoms. The maximum atomic E-state index is 15.7. The number of nitrogens with two attached hydrogens (primary N) is 1. The maximum absolute atomic E-state index is 15.7. The Hall–Kier alpha value is -3.40. The van der Waals surface area contributed by atoms with Crippen molar-refractivity contribution >= 4 is 52.2 Å². The van der Waals surface area contributed by atoms with Crippen LogP contribution in [0.1, 0.15) is 27.0 Å². The van der Waals surface area contributed by atoms with Gasteiger partial charge in [0.15, 0.2) is 29.5 Å². The van der Waals surface area contributed by atoms with Crippen LogP contribution in [-0.4, -0.2) is 73.6 Å². The molecule has 44 heavy (non-hydrogen) atoms. The van der Waals surface area contributed by atoms with E-state index in [0.29, 0.717) is 0 Å². The van der Waals surface area contributed by atoms with E-state index < -0.39 is 61.9 Å². The highest BCUT2D eigenvalue weighted by Crippen LogP contribution is 2.50. The predicted octanol–water partition coefficient (Wildman–Crippen LogP) is 4.04. The number of nitrogen functional groups attached to an aromatic ring is 1. The molecule has 17 heteroatoms. The number of carbonyl (C=O) groups excluding carboxylic acids is 1. The number of halogens is 3. The van der Waals surface area contributed by atoms with E-state index in [2.05, 4.69) is 20.0 Å². The van der Waals surface area contributed by atoms with Crippen molar-refractivity contribution in [2.24, 2.45) is 0 Å². The number of aliphatic hydroxyl groups excluding tert-OH is 1. The van der Waals surface area contributed by atoms with Crippen LogP contribution in [-0.2, 0) is 30.6 Å². The first-order valence-corrected chi connectivity index (χ1v) is 16.1. The van der Waals surface area contributed by atoms with E-state index >= 15 is 4.39 Å². The molecule has 236 valence electrons. The molecule has 1 aliphatic rings. The molecule has 3 heterocycles. The highest BCUT2D eigenvalue weighted by molar-refractivity contribution is 8.09. The van der Waals surface area contributed by atoms with Crippen molar-refractivity contribution in [3.8, 4) is 5.75 Å². The summed E-state index contributed by atoms with van der Waals surface area (Å²) in [7, 11) is 0. The molecule has 0 saturated carbocycles. The van der Waals surface area contributed by atoms with E-state index in [4.69, 9.17) is 36.1 Å². The highest BCUT2D eigenvalue weighted by Gasteiger charge is 2.62. The number of nitrogens with zero attached hydrogens (tertiary/aromatic N) is 4. The lowest BCUT2D eigenvalue weighted by atomic mass is 9.98. The summed E-state index contributed by atoms with van der Waals surface area (Å²) in [5.41, 5.74) is 2.94. The third-order valence-electron chi connectivity index (χ3n) is 6.89. The normalized spacial score (nSPS) is 24.2. The number of esters is 1. The van der Waals surface area contributed by atoms with Gasteiger partial charge in [0.05, 0.1) is 19.0 Å². The minimum atomic E-state index is -3.91. The van der Waals surface area contributed by atoms with E-state index in [1.807, 2.05) is 24.3 Å². The molecule has 5 rings (SSSR count). The number of aliphatic hydroxyl groups is 1. The van der Waals surface area contributed by atoms with Crippen molar-refractivity contribution in [1.29, 1.82) is 0 Å². The van der Waals surface area contributed by atoms with Gasteiger partial charge in [0.2, 0.25) is 0 Å². The summed E-state index contributed by atoms with van der Waals surface area (Å²) < 4.78 is 68.9. The number of benzene rings is 2. The smallest absolute Gasteiger partial charge is 0.323 e. The van der Waals surface area contributed by atoms with Crippen LogP contribution in [0.2, 0.25) is 0 Å². The van der Waals surface area contributed by atoms with Gasteiger partial charge in [-0.3, -0.25) is 9.36 Å². The zero-order valence-electron chi connectivity index (χ0n) is 23.7. The SMILES string of the molecule is CC(C)OC(=O)[C@H](C)NP(=S)(OC[C@@]1(C(F)F)O[C@@H](n2cnc3c(N)ncnc32)[C@H](O)[C@H]1F)Oc1ccc2ccccc2c1. The van der Waals surface area contributed by atoms with Crippen LogP contribution < -0.4 is 15.3 Å². The summed E-state index contributed by atoms with van der Waals surface area (Å²) in [4.78, 5) is 24.5. The third-order valence-corrected chi connectivity index (χ3v) is 9.37. The van der Waals surface area contributed by atoms with Crippen molar-refractivity contribution in [1.82, 2.24) is 24.6 Å². The van der Waals surface area contributed by atoms with Gasteiger partial charge < -0.3 is 29.4 Å². The number of aromatic nitrogens is 4. The molecule has 4 N–H and O–H groups in total. The van der Waals surface area contributed by atoms with Crippen LogP contribution in [0.25, 0.3) is 21.9 Å². The van der Waals surface area contributed by atoms with Crippen molar-refractivity contribution < 1.29 is 41.6 Å². The molecule has 1 aliphatic heterocycles. The number of hydrogen-bond donors (Lipinski definition) is 3. The standard InChI is InChI=1S/C27H30F3N6O6PS/c1-14(2)40-25(38)15(3)35-43(44,42-18-9-8-16-6-4-5-7-17(16)10-18)39-11-27(26(29)30)21(28)20(37)24(41-27)36-13-34-19-22(31)32-12-33-23(19)36/h4-10,12-15,20-21,24,26,37H,11H2,1-3H3,(H,35,44)(H2,31,32,33)/t15-,20+,21+,24+,27+,43?/m0/s1. The van der Waals surface area contributed by atoms with E-state index in [-0.39, 0.29) is 22.7 Å². The van der Waals surface area contributed by atoms with Crippen LogP contribution in [0, 0.1) is 0 Å². The lowest BCUT2D eigenvalue weighted by Gasteiger charge is -2.33. The van der Waals surface area contributed by atoms with Gasteiger partial charge in [-0.2, -0.15) is 0 Å². The van der Waals surface area contributed by atoms with Crippen molar-refractivity contribution in [3.63, 3.8) is 0 Å². The van der Waals surface area contributed by atoms with Crippen LogP contribution in [0.3, 0.4) is 0 Å². The van der Waals surface area contributed by atoms with Crippen molar-refractivity contribution in [2.75, 3.05) is 12.3 Å². The Bertz CT molecular complexity index is 1720. The van der Waals surface area contributed by atoms with E-state index in [1.54, 1.807) is 32.0 Å². The zero-order valence-corrected chi connectivity index (χ0v) is 25.4. The minimum absolute atomic E-state index is 0.00999. The number of nitrogens with one attached hydrogen (secondary N) is 1. The number of ether oxygens (including phenoxy) is 2. The van der Waals surface area contributed by atoms with Gasteiger partial charge in [0, 0.05) is 0 Å². The molecule has 4 aromatic rings. The fourth-order valence-electron chi connectivity index (χ4n) is 4.68. The molecule has 6 atom stereocenters. The fourth-order valence-corrected chi connectivity index (χ4v) is 7.10. The maximum Gasteiger partial charge on any atom is 0.323 e. The number of alkyl halides is 3. The van der Waals surface area contributed by atoms with Gasteiger partial charge in [-0.05, 0) is 55.5 Å². The molecule has 0 amide bonds. The molecule has 2 aromatic heterocycles. The fraction of sp³-hybridized carbons (Fsp3) is 0.407. The van der Waals surface area contributed by atoms with Gasteiger partial charge in [0.25, 0.3) is 6.43 Å². The predicted molar refractivity (Wildman–Crippen MR) is 158 cm³/mol. The molecular formula is C27H30F3N6O6PS. The Morgan fingerprint density at radius 2 is 1.93 bits per heavy atom. The minimum Gasteiger partial charge on any atom is -0.462 e. The van der Waals surface area contributed by atoms with Crippen LogP contribution in [0.4, 0.5) is 19.0 Å². The summed E-state index contributed by atoms with van der Waals surface area (Å²) >= 11 is 5.66. The number of carbonyl (C=O) groups is 1. The van der Waals surface area contributed by atoms with Gasteiger partial charge in [0.1, 0.15) is 29.7 Å². The third kappa shape index (κ3) is 6.23. The monoisotopic (exact) mass is 654 g/mol. The second-order valence-corrected chi connectivity index (χ2v) is 13.6. The molecule has 0 bridgehead atoms. The first-order chi connectivity index (χ1) is 20.8. The number of rotatable bonds is 11. The summed E-state index contributed by atoms with van der Waals surface area (Å²) in [6.07, 6.45) is -8.16. The molecule has 0 radical (unpaired) electrons. The van der Waals surface area contributed by atoms with E-state index in [0.717, 1.165) is 28.0 Å². The van der Waals surface area contributed by atoms with Crippen LogP contribution in [0.5, 0.6) is 5.75 Å². The van der Waals surface area contributed by atoms with Crippen LogP contribution in [0.15, 0.2) is 55.1 Å². The average Bonchev–Trinajstić information content (AvgIpc) is 3.51. The number of imidazole rings is 1. The van der Waals surface area contributed by atoms with Gasteiger partial charge in [-0.25, -0.2) is 33.2 Å². The molecule has 2 aromatic carbocycles. The quantitative estimate of drug-likeness (QED) is 0.158. The first-order valence-electron chi connectivity index (χ1n) is 13.5. The summed E-state index contributed by atoms with van der Waals surface area (Å²) in [6, 6.07) is 11.3. The Labute approximate surface area is 254 Å². The molecule has 1 saturated heterocycles. The second kappa shape index (κ2) is 12.5. The average molecular weight is 655 g/mol. The molecule has 1 unspecified atom stereocenters. The summed E-state index contributed by atoms with van der Waals surface area (Å²) in [5, 5.41) is 15.2. The molecule has 1 fully saturated rings. The Morgan fingerprint density at radius 1 is 1.20 bits per heavy atom. The Balaban J connectivity index is 1.45. The summed E-state index contributed by atoms with van der Waals surface area (Å²) in [5.74, 6) is -0.504. The van der Waals surface area contributed by atoms with Gasteiger partial charge >= 0.3 is 12.6 Å². The second-order valence-electron chi connectivity index (χ2n) is 10.4. The Morgan fingerprint density at radius 3 is 2.64 bits per heavy atom. The van der Waals surface area contributed by atoms with Gasteiger partial charge in [-0.15, -0.1) is 0 Å². The van der Waals surface area contributed by atoms with Gasteiger partial charge in [-0.1, -0.05) is 30.3 Å². The molecule has 0 aliphatic carbocycles. The topological polar surface area (TPSA) is 156 Å². The summed E-state index contributed by atoms with van der Waals surface area (Å²) in [6.45, 7) is -0.336. The first kappa shape index (κ1) is 32.0. The highest BCUT2D eigenvalue weighted by atomic mass is 32.5. The Kier molecular flexibility index (Phi) is 9.12. The van der Waals surface area contributed by atoms with Crippen molar-refractivity contribution in [3.05, 3.63) is 55.1 Å². The number of hydrogen-bond acceptors (Lipinski definition) is 11. The molecular weight excluding hydrogens is 624 g/mol. The number of anilines is 1. The largest absolute Gasteiger partial charge is 0.462 e. The van der Waals surface area contributed by atoms with E-state index in [1.165, 1.54) is 6.92 Å². The zero-order chi connectivity index (χ0) is 31.8. The number of fused-ring (bicyclic) bond motifs is 2.